The molecule has 0 radical (unpaired) electrons. The molecule has 1 aromatic heterocycles. The Morgan fingerprint density at radius 3 is 2.92 bits per heavy atom. The summed E-state index contributed by atoms with van der Waals surface area (Å²) < 4.78 is 5.09. The number of aromatic nitrogens is 1. The molecule has 0 saturated heterocycles. The van der Waals surface area contributed by atoms with Crippen LogP contribution in [0.5, 0.6) is 0 Å². The van der Waals surface area contributed by atoms with E-state index in [1.165, 1.54) is 6.20 Å². The lowest BCUT2D eigenvalue weighted by molar-refractivity contribution is -0.147. The Labute approximate surface area is 74.0 Å². The fraction of sp³-hybridized carbons (Fsp3) is 0.500. The maximum Gasteiger partial charge on any atom is 0.340 e. The van der Waals surface area contributed by atoms with Gasteiger partial charge in [0.1, 0.15) is 0 Å². The molecule has 13 heavy (non-hydrogen) atoms. The number of hydrogen-bond acceptors (Lipinski definition) is 4. The smallest absolute Gasteiger partial charge is 0.340 e. The van der Waals surface area contributed by atoms with Gasteiger partial charge in [0.15, 0.2) is 11.7 Å². The molecule has 0 aliphatic heterocycles. The van der Waals surface area contributed by atoms with Gasteiger partial charge in [0.05, 0.1) is 6.20 Å². The van der Waals surface area contributed by atoms with Gasteiger partial charge in [-0.1, -0.05) is 0 Å². The summed E-state index contributed by atoms with van der Waals surface area (Å²) in [4.78, 5) is 14.2. The number of aliphatic hydroxyl groups excluding tert-OH is 1. The van der Waals surface area contributed by atoms with Gasteiger partial charge in [0.25, 0.3) is 0 Å². The van der Waals surface area contributed by atoms with Gasteiger partial charge in [0.2, 0.25) is 6.10 Å². The van der Waals surface area contributed by atoms with Crippen molar-refractivity contribution >= 4 is 5.97 Å². The van der Waals surface area contributed by atoms with Gasteiger partial charge in [-0.05, 0) is 12.8 Å². The van der Waals surface area contributed by atoms with Crippen LogP contribution in [0, 0.1) is 0 Å². The van der Waals surface area contributed by atoms with Crippen LogP contribution in [0.1, 0.15) is 36.5 Å². The molecule has 5 heteroatoms. The zero-order valence-electron chi connectivity index (χ0n) is 6.80. The van der Waals surface area contributed by atoms with Crippen LogP contribution in [-0.2, 0) is 4.79 Å². The van der Waals surface area contributed by atoms with Crippen LogP contribution < -0.4 is 0 Å². The summed E-state index contributed by atoms with van der Waals surface area (Å²) in [6.07, 6.45) is 1.73. The molecule has 1 aromatic rings. The van der Waals surface area contributed by atoms with Gasteiger partial charge in [-0.2, -0.15) is 0 Å². The molecule has 1 atom stereocenters. The van der Waals surface area contributed by atoms with Gasteiger partial charge >= 0.3 is 5.97 Å². The fourth-order valence-electron chi connectivity index (χ4n) is 1.07. The minimum Gasteiger partial charge on any atom is -0.479 e. The molecular weight excluding hydrogens is 174 g/mol. The molecule has 1 aliphatic rings. The summed E-state index contributed by atoms with van der Waals surface area (Å²) >= 11 is 0. The first-order chi connectivity index (χ1) is 6.18. The summed E-state index contributed by atoms with van der Waals surface area (Å²) in [5.41, 5.74) is 0. The lowest BCUT2D eigenvalue weighted by Gasteiger charge is -1.98. The first-order valence-corrected chi connectivity index (χ1v) is 4.05. The normalized spacial score (nSPS) is 18.5. The van der Waals surface area contributed by atoms with Crippen molar-refractivity contribution in [1.82, 2.24) is 4.98 Å². The number of oxazole rings is 1. The second-order valence-corrected chi connectivity index (χ2v) is 3.12. The molecule has 1 saturated carbocycles. The zero-order chi connectivity index (χ0) is 9.42. The van der Waals surface area contributed by atoms with E-state index in [4.69, 9.17) is 14.6 Å². The molecule has 1 fully saturated rings. The van der Waals surface area contributed by atoms with Crippen LogP contribution in [0.3, 0.4) is 0 Å². The average molecular weight is 183 g/mol. The third-order valence-electron chi connectivity index (χ3n) is 1.97. The van der Waals surface area contributed by atoms with Crippen molar-refractivity contribution in [3.8, 4) is 0 Å². The predicted octanol–water partition coefficient (Wildman–Crippen LogP) is 0.670. The molecule has 2 N–H and O–H groups in total. The fourth-order valence-corrected chi connectivity index (χ4v) is 1.07. The maximum atomic E-state index is 10.4. The van der Waals surface area contributed by atoms with E-state index in [0.717, 1.165) is 12.8 Å². The van der Waals surface area contributed by atoms with Gasteiger partial charge in [0, 0.05) is 5.92 Å². The van der Waals surface area contributed by atoms with Crippen LogP contribution in [-0.4, -0.2) is 21.2 Å². The molecule has 2 rings (SSSR count). The zero-order valence-corrected chi connectivity index (χ0v) is 6.80. The minimum absolute atomic E-state index is 0.00870. The van der Waals surface area contributed by atoms with E-state index in [2.05, 4.69) is 4.98 Å². The number of aliphatic hydroxyl groups is 1. The monoisotopic (exact) mass is 183 g/mol. The molecule has 0 aromatic carbocycles. The molecule has 1 heterocycles. The Kier molecular flexibility index (Phi) is 1.81. The Balaban J connectivity index is 2.16. The first kappa shape index (κ1) is 8.25. The molecule has 0 bridgehead atoms. The number of carboxylic acids is 1. The molecule has 0 spiro atoms. The van der Waals surface area contributed by atoms with Gasteiger partial charge in [-0.15, -0.1) is 0 Å². The maximum absolute atomic E-state index is 10.4. The number of aliphatic carboxylic acids is 1. The van der Waals surface area contributed by atoms with Crippen molar-refractivity contribution in [2.24, 2.45) is 0 Å². The summed E-state index contributed by atoms with van der Waals surface area (Å²) in [6, 6.07) is 0. The van der Waals surface area contributed by atoms with Crippen LogP contribution in [0.2, 0.25) is 0 Å². The third-order valence-corrected chi connectivity index (χ3v) is 1.97. The van der Waals surface area contributed by atoms with E-state index in [0.29, 0.717) is 11.8 Å². The second kappa shape index (κ2) is 2.85. The Hall–Kier alpha value is -1.36. The minimum atomic E-state index is -1.60. The largest absolute Gasteiger partial charge is 0.479 e. The number of carbonyl (C=O) groups is 1. The molecule has 1 unspecified atom stereocenters. The van der Waals surface area contributed by atoms with E-state index >= 15 is 0 Å². The highest BCUT2D eigenvalue weighted by atomic mass is 16.4. The van der Waals surface area contributed by atoms with Crippen molar-refractivity contribution in [2.75, 3.05) is 0 Å². The lowest BCUT2D eigenvalue weighted by Crippen LogP contribution is -2.09. The molecule has 1 aliphatic carbocycles. The molecule has 0 amide bonds. The average Bonchev–Trinajstić information content (AvgIpc) is 2.83. The van der Waals surface area contributed by atoms with Crippen molar-refractivity contribution < 1.29 is 19.4 Å². The summed E-state index contributed by atoms with van der Waals surface area (Å²) in [5.74, 6) is -0.446. The van der Waals surface area contributed by atoms with E-state index in [-0.39, 0.29) is 5.76 Å². The predicted molar refractivity (Wildman–Crippen MR) is 41.1 cm³/mol. The summed E-state index contributed by atoms with van der Waals surface area (Å²) in [6.45, 7) is 0. The van der Waals surface area contributed by atoms with Gasteiger partial charge < -0.3 is 14.6 Å². The number of carboxylic acid groups (broad SMARTS) is 1. The number of nitrogens with zero attached hydrogens (tertiary/aromatic N) is 1. The van der Waals surface area contributed by atoms with Gasteiger partial charge in [-0.25, -0.2) is 9.78 Å². The first-order valence-electron chi connectivity index (χ1n) is 4.05. The van der Waals surface area contributed by atoms with Crippen LogP contribution in [0.4, 0.5) is 0 Å². The number of hydrogen-bond donors (Lipinski definition) is 2. The van der Waals surface area contributed by atoms with E-state index in [9.17, 15) is 4.79 Å². The molecule has 70 valence electrons. The third kappa shape index (κ3) is 1.55. The number of rotatable bonds is 3. The van der Waals surface area contributed by atoms with Crippen LogP contribution in [0.15, 0.2) is 10.6 Å². The molecular formula is C8H9NO4. The quantitative estimate of drug-likeness (QED) is 0.719. The van der Waals surface area contributed by atoms with Gasteiger partial charge in [-0.3, -0.25) is 0 Å². The highest BCUT2D eigenvalue weighted by molar-refractivity contribution is 5.72. The van der Waals surface area contributed by atoms with Crippen LogP contribution >= 0.6 is 0 Å². The van der Waals surface area contributed by atoms with E-state index < -0.39 is 12.1 Å². The van der Waals surface area contributed by atoms with Crippen molar-refractivity contribution in [1.29, 1.82) is 0 Å². The van der Waals surface area contributed by atoms with Crippen molar-refractivity contribution in [3.05, 3.63) is 17.8 Å². The SMILES string of the molecule is O=C(O)C(O)c1cnc(C2CC2)o1. The Morgan fingerprint density at radius 1 is 1.69 bits per heavy atom. The van der Waals surface area contributed by atoms with Crippen molar-refractivity contribution in [3.63, 3.8) is 0 Å². The second-order valence-electron chi connectivity index (χ2n) is 3.12. The van der Waals surface area contributed by atoms with E-state index in [1.54, 1.807) is 0 Å². The highest BCUT2D eigenvalue weighted by Crippen LogP contribution is 2.39. The Bertz CT molecular complexity index is 329. The summed E-state index contributed by atoms with van der Waals surface area (Å²) in [7, 11) is 0. The van der Waals surface area contributed by atoms with E-state index in [1.807, 2.05) is 0 Å². The lowest BCUT2D eigenvalue weighted by atomic mass is 10.3. The molecule has 5 nitrogen and oxygen atoms in total. The highest BCUT2D eigenvalue weighted by Gasteiger charge is 2.30. The Morgan fingerprint density at radius 2 is 2.38 bits per heavy atom. The van der Waals surface area contributed by atoms with Crippen molar-refractivity contribution in [2.45, 2.75) is 24.9 Å². The van der Waals surface area contributed by atoms with Crippen LogP contribution in [0.25, 0.3) is 0 Å². The standard InChI is InChI=1S/C8H9NO4/c10-6(8(11)12)5-3-9-7(13-5)4-1-2-4/h3-4,6,10H,1-2H2,(H,11,12). The summed E-state index contributed by atoms with van der Waals surface area (Å²) in [5, 5.41) is 17.5. The topological polar surface area (TPSA) is 83.6 Å².